The van der Waals surface area contributed by atoms with Crippen LogP contribution in [0.2, 0.25) is 0 Å². The van der Waals surface area contributed by atoms with Gasteiger partial charge in [0.05, 0.1) is 23.9 Å². The number of rotatable bonds is 8. The molecular formula is C25H33FN6O. The van der Waals surface area contributed by atoms with Gasteiger partial charge in [-0.3, -0.25) is 4.90 Å². The first-order valence-corrected chi connectivity index (χ1v) is 11.7. The van der Waals surface area contributed by atoms with E-state index < -0.39 is 0 Å². The molecule has 8 heteroatoms. The van der Waals surface area contributed by atoms with E-state index in [2.05, 4.69) is 58.2 Å². The number of benzene rings is 2. The van der Waals surface area contributed by atoms with E-state index in [1.807, 2.05) is 35.9 Å². The van der Waals surface area contributed by atoms with E-state index >= 15 is 0 Å². The maximum Gasteiger partial charge on any atom is 0.173 e. The smallest absolute Gasteiger partial charge is 0.173 e. The molecule has 2 aromatic carbocycles. The van der Waals surface area contributed by atoms with Crippen molar-refractivity contribution in [3.63, 3.8) is 0 Å². The average Bonchev–Trinajstić information content (AvgIpc) is 3.32. The van der Waals surface area contributed by atoms with Crippen molar-refractivity contribution in [3.8, 4) is 5.75 Å². The molecule has 1 fully saturated rings. The quantitative estimate of drug-likeness (QED) is 0.509. The first-order chi connectivity index (χ1) is 15.9. The van der Waals surface area contributed by atoms with Gasteiger partial charge in [-0.05, 0) is 67.4 Å². The Balaban J connectivity index is 1.65. The molecule has 0 unspecified atom stereocenters. The van der Waals surface area contributed by atoms with Crippen molar-refractivity contribution in [2.45, 2.75) is 45.7 Å². The molecule has 0 amide bonds. The molecule has 1 atom stereocenters. The van der Waals surface area contributed by atoms with Crippen LogP contribution in [0.3, 0.4) is 0 Å². The largest absolute Gasteiger partial charge is 0.494 e. The summed E-state index contributed by atoms with van der Waals surface area (Å²) in [5.74, 6) is 1.49. The van der Waals surface area contributed by atoms with Gasteiger partial charge in [0.2, 0.25) is 0 Å². The van der Waals surface area contributed by atoms with Crippen LogP contribution < -0.4 is 9.64 Å². The number of nitrogens with zero attached hydrogens (tertiary/aromatic N) is 6. The second-order valence-electron chi connectivity index (χ2n) is 8.99. The molecule has 1 aliphatic rings. The summed E-state index contributed by atoms with van der Waals surface area (Å²) < 4.78 is 21.9. The summed E-state index contributed by atoms with van der Waals surface area (Å²) in [5, 5.41) is 12.9. The average molecular weight is 453 g/mol. The van der Waals surface area contributed by atoms with E-state index in [9.17, 15) is 4.39 Å². The molecule has 0 aliphatic carbocycles. The number of aromatic nitrogens is 4. The van der Waals surface area contributed by atoms with Crippen LogP contribution in [0.5, 0.6) is 5.75 Å². The predicted molar refractivity (Wildman–Crippen MR) is 127 cm³/mol. The zero-order chi connectivity index (χ0) is 23.4. The van der Waals surface area contributed by atoms with Crippen LogP contribution in [-0.2, 0) is 5.54 Å². The third kappa shape index (κ3) is 4.85. The molecule has 33 heavy (non-hydrogen) atoms. The van der Waals surface area contributed by atoms with Crippen LogP contribution in [0.15, 0.2) is 48.5 Å². The Morgan fingerprint density at radius 2 is 1.70 bits per heavy atom. The lowest BCUT2D eigenvalue weighted by atomic mass is 9.99. The lowest BCUT2D eigenvalue weighted by Crippen LogP contribution is -2.49. The van der Waals surface area contributed by atoms with Gasteiger partial charge >= 0.3 is 0 Å². The van der Waals surface area contributed by atoms with Crippen LogP contribution in [0, 0.1) is 5.82 Å². The Labute approximate surface area is 195 Å². The van der Waals surface area contributed by atoms with E-state index in [0.29, 0.717) is 12.3 Å². The zero-order valence-corrected chi connectivity index (χ0v) is 19.9. The molecule has 1 aliphatic heterocycles. The minimum absolute atomic E-state index is 0.107. The lowest BCUT2D eigenvalue weighted by Gasteiger charge is -2.40. The van der Waals surface area contributed by atoms with Crippen molar-refractivity contribution in [1.82, 2.24) is 25.1 Å². The number of piperazine rings is 1. The van der Waals surface area contributed by atoms with Crippen molar-refractivity contribution < 1.29 is 9.13 Å². The SMILES string of the molecule is CCOc1ccc([C@@H](c2nnnn2C(C)(C)CC)N2CCN(c3ccccc3F)CC2)cc1. The van der Waals surface area contributed by atoms with E-state index in [1.54, 1.807) is 6.07 Å². The first kappa shape index (κ1) is 23.2. The molecule has 0 radical (unpaired) electrons. The highest BCUT2D eigenvalue weighted by molar-refractivity contribution is 5.48. The molecule has 1 saturated heterocycles. The number of tetrazole rings is 1. The summed E-state index contributed by atoms with van der Waals surface area (Å²) in [7, 11) is 0. The van der Waals surface area contributed by atoms with Gasteiger partial charge in [0.1, 0.15) is 11.6 Å². The number of halogens is 1. The maximum absolute atomic E-state index is 14.3. The number of ether oxygens (including phenoxy) is 1. The molecule has 4 rings (SSSR count). The Bertz CT molecular complexity index is 1040. The van der Waals surface area contributed by atoms with E-state index in [4.69, 9.17) is 4.74 Å². The minimum atomic E-state index is -0.211. The predicted octanol–water partition coefficient (Wildman–Crippen LogP) is 4.27. The highest BCUT2D eigenvalue weighted by Crippen LogP contribution is 2.33. The Morgan fingerprint density at radius 1 is 1.00 bits per heavy atom. The van der Waals surface area contributed by atoms with Gasteiger partial charge in [0.25, 0.3) is 0 Å². The highest BCUT2D eigenvalue weighted by Gasteiger charge is 2.34. The molecular weight excluding hydrogens is 419 g/mol. The molecule has 2 heterocycles. The summed E-state index contributed by atoms with van der Waals surface area (Å²) in [5.41, 5.74) is 1.56. The zero-order valence-electron chi connectivity index (χ0n) is 19.9. The van der Waals surface area contributed by atoms with Crippen LogP contribution in [0.1, 0.15) is 51.5 Å². The first-order valence-electron chi connectivity index (χ1n) is 11.7. The number of anilines is 1. The molecule has 0 bridgehead atoms. The fraction of sp³-hybridized carbons (Fsp3) is 0.480. The van der Waals surface area contributed by atoms with Crippen LogP contribution in [-0.4, -0.2) is 57.9 Å². The van der Waals surface area contributed by atoms with E-state index in [1.165, 1.54) is 6.07 Å². The van der Waals surface area contributed by atoms with Gasteiger partial charge < -0.3 is 9.64 Å². The van der Waals surface area contributed by atoms with E-state index in [-0.39, 0.29) is 17.4 Å². The number of hydrogen-bond donors (Lipinski definition) is 0. The monoisotopic (exact) mass is 452 g/mol. The standard InChI is InChI=1S/C25H33FN6O/c1-5-25(3,4)32-24(27-28-29-32)23(19-11-13-20(14-12-19)33-6-2)31-17-15-30(16-18-31)22-10-8-7-9-21(22)26/h7-14,23H,5-6,15-18H2,1-4H3/t23-/m0/s1. The number of hydrogen-bond acceptors (Lipinski definition) is 6. The molecule has 0 N–H and O–H groups in total. The minimum Gasteiger partial charge on any atom is -0.494 e. The van der Waals surface area contributed by atoms with Gasteiger partial charge in [0, 0.05) is 26.2 Å². The summed E-state index contributed by atoms with van der Waals surface area (Å²) >= 11 is 0. The van der Waals surface area contributed by atoms with Crippen LogP contribution in [0.25, 0.3) is 0 Å². The second kappa shape index (κ2) is 9.87. The van der Waals surface area contributed by atoms with Crippen molar-refractivity contribution in [2.75, 3.05) is 37.7 Å². The fourth-order valence-corrected chi connectivity index (χ4v) is 4.31. The second-order valence-corrected chi connectivity index (χ2v) is 8.99. The Morgan fingerprint density at radius 3 is 2.33 bits per heavy atom. The number of para-hydroxylation sites is 1. The van der Waals surface area contributed by atoms with Crippen molar-refractivity contribution in [2.24, 2.45) is 0 Å². The molecule has 7 nitrogen and oxygen atoms in total. The van der Waals surface area contributed by atoms with E-state index in [0.717, 1.165) is 49.7 Å². The van der Waals surface area contributed by atoms with Gasteiger partial charge in [-0.1, -0.05) is 31.2 Å². The summed E-state index contributed by atoms with van der Waals surface area (Å²) in [6.07, 6.45) is 0.905. The van der Waals surface area contributed by atoms with Crippen LogP contribution in [0.4, 0.5) is 10.1 Å². The topological polar surface area (TPSA) is 59.3 Å². The molecule has 0 saturated carbocycles. The van der Waals surface area contributed by atoms with Gasteiger partial charge in [-0.2, -0.15) is 0 Å². The van der Waals surface area contributed by atoms with Crippen molar-refractivity contribution in [3.05, 3.63) is 65.7 Å². The molecule has 3 aromatic rings. The Hall–Kier alpha value is -3.00. The van der Waals surface area contributed by atoms with Gasteiger partial charge in [-0.25, -0.2) is 9.07 Å². The van der Waals surface area contributed by atoms with Gasteiger partial charge in [-0.15, -0.1) is 5.10 Å². The summed E-state index contributed by atoms with van der Waals surface area (Å²) in [6, 6.07) is 15.1. The summed E-state index contributed by atoms with van der Waals surface area (Å²) in [4.78, 5) is 4.50. The van der Waals surface area contributed by atoms with Crippen LogP contribution >= 0.6 is 0 Å². The Kier molecular flexibility index (Phi) is 6.93. The molecule has 0 spiro atoms. The summed E-state index contributed by atoms with van der Waals surface area (Å²) in [6.45, 7) is 12.1. The molecule has 176 valence electrons. The normalized spacial score (nSPS) is 16.1. The van der Waals surface area contributed by atoms with Crippen molar-refractivity contribution in [1.29, 1.82) is 0 Å². The third-order valence-corrected chi connectivity index (χ3v) is 6.56. The molecule has 1 aromatic heterocycles. The maximum atomic E-state index is 14.3. The highest BCUT2D eigenvalue weighted by atomic mass is 19.1. The lowest BCUT2D eigenvalue weighted by molar-refractivity contribution is 0.187. The van der Waals surface area contributed by atoms with Gasteiger partial charge in [0.15, 0.2) is 5.82 Å². The third-order valence-electron chi connectivity index (χ3n) is 6.56. The van der Waals surface area contributed by atoms with Crippen molar-refractivity contribution >= 4 is 5.69 Å². The fourth-order valence-electron chi connectivity index (χ4n) is 4.31.